The Morgan fingerprint density at radius 3 is 3.06 bits per heavy atom. The average molecular weight is 285 g/mol. The highest BCUT2D eigenvalue weighted by Crippen LogP contribution is 2.18. The van der Waals surface area contributed by atoms with Crippen molar-refractivity contribution in [3.63, 3.8) is 0 Å². The van der Waals surface area contributed by atoms with Crippen LogP contribution in [0.4, 0.5) is 5.69 Å². The monoisotopic (exact) mass is 284 g/mol. The summed E-state index contributed by atoms with van der Waals surface area (Å²) in [4.78, 5) is 0. The van der Waals surface area contributed by atoms with Gasteiger partial charge in [0.1, 0.15) is 0 Å². The molecule has 1 fully saturated rings. The topological polar surface area (TPSA) is 47.3 Å². The van der Waals surface area contributed by atoms with E-state index in [1.54, 1.807) is 0 Å². The first kappa shape index (κ1) is 11.9. The minimum absolute atomic E-state index is 0.664. The highest BCUT2D eigenvalue weighted by atomic mass is 79.9. The molecule has 0 bridgehead atoms. The van der Waals surface area contributed by atoms with E-state index in [0.717, 1.165) is 42.0 Å². The Balaban J connectivity index is 1.80. The first-order valence-electron chi connectivity index (χ1n) is 5.58. The van der Waals surface area contributed by atoms with E-state index in [9.17, 15) is 0 Å². The molecule has 4 heteroatoms. The van der Waals surface area contributed by atoms with E-state index in [-0.39, 0.29) is 0 Å². The van der Waals surface area contributed by atoms with E-state index >= 15 is 0 Å². The van der Waals surface area contributed by atoms with Crippen molar-refractivity contribution in [2.24, 2.45) is 5.92 Å². The number of anilines is 1. The summed E-state index contributed by atoms with van der Waals surface area (Å²) in [5.74, 6) is 0.664. The van der Waals surface area contributed by atoms with Crippen molar-refractivity contribution in [2.45, 2.75) is 13.0 Å². The number of rotatable bonds is 4. The van der Waals surface area contributed by atoms with Crippen LogP contribution in [0.25, 0.3) is 0 Å². The fourth-order valence-electron chi connectivity index (χ4n) is 1.88. The molecule has 3 nitrogen and oxygen atoms in total. The van der Waals surface area contributed by atoms with E-state index in [2.05, 4.69) is 27.3 Å². The molecule has 88 valence electrons. The molecule has 1 aliphatic heterocycles. The summed E-state index contributed by atoms with van der Waals surface area (Å²) in [6.45, 7) is 3.64. The number of hydrogen-bond acceptors (Lipinski definition) is 3. The molecular weight excluding hydrogens is 268 g/mol. The summed E-state index contributed by atoms with van der Waals surface area (Å²) in [5, 5.41) is 3.43. The van der Waals surface area contributed by atoms with E-state index in [0.29, 0.717) is 5.92 Å². The van der Waals surface area contributed by atoms with Crippen LogP contribution < -0.4 is 11.1 Å². The van der Waals surface area contributed by atoms with Crippen molar-refractivity contribution in [1.29, 1.82) is 0 Å². The zero-order valence-corrected chi connectivity index (χ0v) is 10.8. The fourth-order valence-corrected chi connectivity index (χ4v) is 2.26. The first-order chi connectivity index (χ1) is 7.75. The first-order valence-corrected chi connectivity index (χ1v) is 6.37. The third kappa shape index (κ3) is 3.20. The van der Waals surface area contributed by atoms with Crippen molar-refractivity contribution in [3.05, 3.63) is 28.2 Å². The van der Waals surface area contributed by atoms with Gasteiger partial charge in [-0.15, -0.1) is 0 Å². The fraction of sp³-hybridized carbons (Fsp3) is 0.500. The van der Waals surface area contributed by atoms with Gasteiger partial charge in [0.25, 0.3) is 0 Å². The Hall–Kier alpha value is -0.580. The van der Waals surface area contributed by atoms with Gasteiger partial charge >= 0.3 is 0 Å². The lowest BCUT2D eigenvalue weighted by atomic mass is 10.1. The molecule has 1 unspecified atom stereocenters. The van der Waals surface area contributed by atoms with Crippen LogP contribution in [0.2, 0.25) is 0 Å². The largest absolute Gasteiger partial charge is 0.398 e. The lowest BCUT2D eigenvalue weighted by Gasteiger charge is -2.11. The molecule has 0 aromatic heterocycles. The smallest absolute Gasteiger partial charge is 0.0507 e. The lowest BCUT2D eigenvalue weighted by Crippen LogP contribution is -2.23. The molecule has 0 radical (unpaired) electrons. The van der Waals surface area contributed by atoms with E-state index in [1.807, 2.05) is 12.1 Å². The second kappa shape index (κ2) is 5.66. The maximum Gasteiger partial charge on any atom is 0.0507 e. The minimum Gasteiger partial charge on any atom is -0.398 e. The van der Waals surface area contributed by atoms with E-state index in [1.165, 1.54) is 6.42 Å². The summed E-state index contributed by atoms with van der Waals surface area (Å²) < 4.78 is 6.35. The molecule has 1 aliphatic rings. The molecule has 16 heavy (non-hydrogen) atoms. The standard InChI is InChI=1S/C12H17BrN2O/c13-11-2-1-10(12(14)5-11)7-15-6-9-3-4-16-8-9/h1-2,5,9,15H,3-4,6-8,14H2. The van der Waals surface area contributed by atoms with Gasteiger partial charge in [0.05, 0.1) is 6.61 Å². The Morgan fingerprint density at radius 2 is 2.38 bits per heavy atom. The van der Waals surface area contributed by atoms with Crippen molar-refractivity contribution in [3.8, 4) is 0 Å². The third-order valence-corrected chi connectivity index (χ3v) is 3.37. The van der Waals surface area contributed by atoms with Gasteiger partial charge in [0, 0.05) is 29.9 Å². The number of ether oxygens (including phenoxy) is 1. The molecule has 0 aliphatic carbocycles. The number of nitrogen functional groups attached to an aromatic ring is 1. The molecule has 1 heterocycles. The Bertz CT molecular complexity index is 351. The Labute approximate surface area is 104 Å². The number of nitrogens with one attached hydrogen (secondary N) is 1. The van der Waals surface area contributed by atoms with Gasteiger partial charge in [0.15, 0.2) is 0 Å². The van der Waals surface area contributed by atoms with Gasteiger partial charge in [0.2, 0.25) is 0 Å². The predicted octanol–water partition coefficient (Wildman–Crippen LogP) is 2.16. The summed E-state index contributed by atoms with van der Waals surface area (Å²) in [6, 6.07) is 6.01. The van der Waals surface area contributed by atoms with Crippen LogP contribution in [0, 0.1) is 5.92 Å². The van der Waals surface area contributed by atoms with E-state index in [4.69, 9.17) is 10.5 Å². The number of hydrogen-bond donors (Lipinski definition) is 2. The minimum atomic E-state index is 0.664. The van der Waals surface area contributed by atoms with Crippen molar-refractivity contribution >= 4 is 21.6 Å². The highest BCUT2D eigenvalue weighted by Gasteiger charge is 2.14. The molecule has 2 rings (SSSR count). The normalized spacial score (nSPS) is 20.2. The number of halogens is 1. The van der Waals surface area contributed by atoms with Crippen LogP contribution in [0.3, 0.4) is 0 Å². The van der Waals surface area contributed by atoms with Gasteiger partial charge < -0.3 is 15.8 Å². The second-order valence-corrected chi connectivity index (χ2v) is 5.12. The van der Waals surface area contributed by atoms with Gasteiger partial charge in [-0.05, 0) is 30.0 Å². The van der Waals surface area contributed by atoms with Crippen LogP contribution in [-0.4, -0.2) is 19.8 Å². The molecule has 1 saturated heterocycles. The van der Waals surface area contributed by atoms with Gasteiger partial charge in [-0.2, -0.15) is 0 Å². The molecule has 1 aromatic carbocycles. The quantitative estimate of drug-likeness (QED) is 0.833. The van der Waals surface area contributed by atoms with Crippen molar-refractivity contribution in [1.82, 2.24) is 5.32 Å². The molecular formula is C12H17BrN2O. The summed E-state index contributed by atoms with van der Waals surface area (Å²) in [7, 11) is 0. The van der Waals surface area contributed by atoms with Crippen LogP contribution in [0.5, 0.6) is 0 Å². The van der Waals surface area contributed by atoms with Gasteiger partial charge in [-0.1, -0.05) is 22.0 Å². The number of nitrogens with two attached hydrogens (primary N) is 1. The van der Waals surface area contributed by atoms with Gasteiger partial charge in [-0.25, -0.2) is 0 Å². The van der Waals surface area contributed by atoms with Crippen LogP contribution in [0.1, 0.15) is 12.0 Å². The molecule has 3 N–H and O–H groups in total. The molecule has 1 atom stereocenters. The lowest BCUT2D eigenvalue weighted by molar-refractivity contribution is 0.185. The maximum absolute atomic E-state index is 5.92. The molecule has 0 spiro atoms. The molecule has 0 saturated carbocycles. The second-order valence-electron chi connectivity index (χ2n) is 4.20. The van der Waals surface area contributed by atoms with Crippen molar-refractivity contribution in [2.75, 3.05) is 25.5 Å². The van der Waals surface area contributed by atoms with Crippen LogP contribution >= 0.6 is 15.9 Å². The average Bonchev–Trinajstić information content (AvgIpc) is 2.74. The van der Waals surface area contributed by atoms with Crippen molar-refractivity contribution < 1.29 is 4.74 Å². The zero-order chi connectivity index (χ0) is 11.4. The highest BCUT2D eigenvalue weighted by molar-refractivity contribution is 9.10. The summed E-state index contributed by atoms with van der Waals surface area (Å²) in [5.41, 5.74) is 7.91. The Kier molecular flexibility index (Phi) is 4.21. The maximum atomic E-state index is 5.92. The van der Waals surface area contributed by atoms with E-state index < -0.39 is 0 Å². The zero-order valence-electron chi connectivity index (χ0n) is 9.21. The SMILES string of the molecule is Nc1cc(Br)ccc1CNCC1CCOC1. The molecule has 0 amide bonds. The van der Waals surface area contributed by atoms with Gasteiger partial charge in [-0.3, -0.25) is 0 Å². The summed E-state index contributed by atoms with van der Waals surface area (Å²) in [6.07, 6.45) is 1.17. The predicted molar refractivity (Wildman–Crippen MR) is 69.2 cm³/mol. The molecule has 1 aromatic rings. The third-order valence-electron chi connectivity index (χ3n) is 2.88. The van der Waals surface area contributed by atoms with Crippen LogP contribution in [-0.2, 0) is 11.3 Å². The summed E-state index contributed by atoms with van der Waals surface area (Å²) >= 11 is 3.40. The Morgan fingerprint density at radius 1 is 1.50 bits per heavy atom. The van der Waals surface area contributed by atoms with Crippen LogP contribution in [0.15, 0.2) is 22.7 Å². The number of benzene rings is 1.